The highest BCUT2D eigenvalue weighted by molar-refractivity contribution is 6.02. The van der Waals surface area contributed by atoms with Gasteiger partial charge in [-0.3, -0.25) is 14.6 Å². The maximum atomic E-state index is 13.2. The predicted octanol–water partition coefficient (Wildman–Crippen LogP) is 4.30. The molecule has 0 bridgehead atoms. The van der Waals surface area contributed by atoms with Crippen molar-refractivity contribution in [2.45, 2.75) is 51.5 Å². The Labute approximate surface area is 178 Å². The van der Waals surface area contributed by atoms with Crippen molar-refractivity contribution in [3.05, 3.63) is 53.9 Å². The fourth-order valence-corrected chi connectivity index (χ4v) is 3.95. The Morgan fingerprint density at radius 1 is 1.10 bits per heavy atom. The van der Waals surface area contributed by atoms with E-state index in [-0.39, 0.29) is 23.8 Å². The molecule has 30 heavy (non-hydrogen) atoms. The van der Waals surface area contributed by atoms with Crippen LogP contribution in [0.2, 0.25) is 0 Å². The average Bonchev–Trinajstić information content (AvgIpc) is 3.61. The summed E-state index contributed by atoms with van der Waals surface area (Å²) in [5.41, 5.74) is 3.29. The number of nitrogens with one attached hydrogen (secondary N) is 2. The molecule has 2 amide bonds. The SMILES string of the molecule is C[C@@H](NC(=O)c1ccc(NC(=O)C2CC2)cc1N1CCCCCC1)c1cccnc1. The van der Waals surface area contributed by atoms with Gasteiger partial charge in [-0.25, -0.2) is 0 Å². The number of amides is 2. The zero-order chi connectivity index (χ0) is 20.9. The summed E-state index contributed by atoms with van der Waals surface area (Å²) in [6, 6.07) is 9.34. The summed E-state index contributed by atoms with van der Waals surface area (Å²) in [6.45, 7) is 3.82. The fourth-order valence-electron chi connectivity index (χ4n) is 3.95. The molecular weight excluding hydrogens is 376 g/mol. The van der Waals surface area contributed by atoms with Gasteiger partial charge in [-0.1, -0.05) is 18.9 Å². The first-order valence-electron chi connectivity index (χ1n) is 11.0. The molecule has 6 nitrogen and oxygen atoms in total. The Kier molecular flexibility index (Phi) is 6.31. The van der Waals surface area contributed by atoms with Crippen LogP contribution in [-0.2, 0) is 4.79 Å². The second-order valence-corrected chi connectivity index (χ2v) is 8.38. The monoisotopic (exact) mass is 406 g/mol. The fraction of sp³-hybridized carbons (Fsp3) is 0.458. The Morgan fingerprint density at radius 3 is 2.53 bits per heavy atom. The molecule has 6 heteroatoms. The Bertz CT molecular complexity index is 887. The van der Waals surface area contributed by atoms with Crippen LogP contribution in [0.25, 0.3) is 0 Å². The van der Waals surface area contributed by atoms with Crippen molar-refractivity contribution in [2.24, 2.45) is 5.92 Å². The lowest BCUT2D eigenvalue weighted by Gasteiger charge is -2.26. The van der Waals surface area contributed by atoms with Crippen LogP contribution in [0.5, 0.6) is 0 Å². The zero-order valence-electron chi connectivity index (χ0n) is 17.6. The van der Waals surface area contributed by atoms with Crippen LogP contribution in [0, 0.1) is 5.92 Å². The maximum Gasteiger partial charge on any atom is 0.253 e. The van der Waals surface area contributed by atoms with Gasteiger partial charge in [0.05, 0.1) is 17.3 Å². The summed E-state index contributed by atoms with van der Waals surface area (Å²) in [5.74, 6) is 0.125. The summed E-state index contributed by atoms with van der Waals surface area (Å²) in [6.07, 6.45) is 10.1. The van der Waals surface area contributed by atoms with E-state index in [0.717, 1.165) is 55.7 Å². The molecule has 1 aliphatic carbocycles. The van der Waals surface area contributed by atoms with Gasteiger partial charge in [0, 0.05) is 37.1 Å². The molecule has 1 saturated heterocycles. The number of carbonyl (C=O) groups is 2. The van der Waals surface area contributed by atoms with Gasteiger partial charge in [-0.05, 0) is 62.4 Å². The van der Waals surface area contributed by atoms with Gasteiger partial charge in [-0.15, -0.1) is 0 Å². The lowest BCUT2D eigenvalue weighted by molar-refractivity contribution is -0.117. The van der Waals surface area contributed by atoms with E-state index in [0.29, 0.717) is 5.56 Å². The summed E-state index contributed by atoms with van der Waals surface area (Å²) in [5, 5.41) is 6.13. The van der Waals surface area contributed by atoms with Crippen molar-refractivity contribution in [1.29, 1.82) is 0 Å². The van der Waals surface area contributed by atoms with Crippen molar-refractivity contribution in [3.63, 3.8) is 0 Å². The van der Waals surface area contributed by atoms with E-state index >= 15 is 0 Å². The summed E-state index contributed by atoms with van der Waals surface area (Å²) in [7, 11) is 0. The van der Waals surface area contributed by atoms with Gasteiger partial charge in [0.25, 0.3) is 5.91 Å². The summed E-state index contributed by atoms with van der Waals surface area (Å²) in [4.78, 5) is 31.9. The van der Waals surface area contributed by atoms with E-state index in [1.165, 1.54) is 12.8 Å². The molecule has 2 N–H and O–H groups in total. The minimum atomic E-state index is -0.141. The van der Waals surface area contributed by atoms with Crippen molar-refractivity contribution < 1.29 is 9.59 Å². The standard InChI is InChI=1S/C24H30N4O2/c1-17(19-7-6-12-25-16-19)26-24(30)21-11-10-20(27-23(29)18-8-9-18)15-22(21)28-13-4-2-3-5-14-28/h6-7,10-12,15-18H,2-5,8-9,13-14H2,1H3,(H,26,30)(H,27,29)/t17-/m1/s1. The van der Waals surface area contributed by atoms with Gasteiger partial charge in [0.2, 0.25) is 5.91 Å². The van der Waals surface area contributed by atoms with Gasteiger partial charge < -0.3 is 15.5 Å². The third kappa shape index (κ3) is 4.99. The van der Waals surface area contributed by atoms with E-state index in [1.54, 1.807) is 12.4 Å². The number of nitrogens with zero attached hydrogens (tertiary/aromatic N) is 2. The third-order valence-corrected chi connectivity index (χ3v) is 5.94. The summed E-state index contributed by atoms with van der Waals surface area (Å²) < 4.78 is 0. The molecule has 0 spiro atoms. The number of aromatic nitrogens is 1. The lowest BCUT2D eigenvalue weighted by Crippen LogP contribution is -2.31. The molecule has 1 aromatic carbocycles. The van der Waals surface area contributed by atoms with Crippen LogP contribution in [0.4, 0.5) is 11.4 Å². The highest BCUT2D eigenvalue weighted by Gasteiger charge is 2.30. The predicted molar refractivity (Wildman–Crippen MR) is 119 cm³/mol. The first-order valence-corrected chi connectivity index (χ1v) is 11.0. The van der Waals surface area contributed by atoms with E-state index in [9.17, 15) is 9.59 Å². The minimum absolute atomic E-state index is 0.0826. The third-order valence-electron chi connectivity index (χ3n) is 5.94. The van der Waals surface area contributed by atoms with Gasteiger partial charge in [-0.2, -0.15) is 0 Å². The number of rotatable bonds is 6. The molecule has 2 fully saturated rings. The molecular formula is C24H30N4O2. The van der Waals surface area contributed by atoms with Crippen LogP contribution in [0.3, 0.4) is 0 Å². The van der Waals surface area contributed by atoms with Crippen molar-refractivity contribution in [3.8, 4) is 0 Å². The largest absolute Gasteiger partial charge is 0.371 e. The highest BCUT2D eigenvalue weighted by Crippen LogP contribution is 2.32. The average molecular weight is 407 g/mol. The topological polar surface area (TPSA) is 74.3 Å². The minimum Gasteiger partial charge on any atom is -0.371 e. The molecule has 1 atom stereocenters. The number of carbonyl (C=O) groups excluding carboxylic acids is 2. The maximum absolute atomic E-state index is 13.2. The van der Waals surface area contributed by atoms with E-state index in [4.69, 9.17) is 0 Å². The lowest BCUT2D eigenvalue weighted by atomic mass is 10.1. The number of hydrogen-bond donors (Lipinski definition) is 2. The van der Waals surface area contributed by atoms with E-state index in [1.807, 2.05) is 37.3 Å². The Morgan fingerprint density at radius 2 is 1.87 bits per heavy atom. The first-order chi connectivity index (χ1) is 14.6. The second-order valence-electron chi connectivity index (χ2n) is 8.38. The molecule has 4 rings (SSSR count). The molecule has 0 unspecified atom stereocenters. The zero-order valence-corrected chi connectivity index (χ0v) is 17.6. The second kappa shape index (κ2) is 9.28. The molecule has 2 heterocycles. The van der Waals surface area contributed by atoms with E-state index in [2.05, 4.69) is 20.5 Å². The molecule has 2 aromatic rings. The van der Waals surface area contributed by atoms with Crippen molar-refractivity contribution >= 4 is 23.2 Å². The van der Waals surface area contributed by atoms with Crippen LogP contribution in [0.15, 0.2) is 42.7 Å². The first kappa shape index (κ1) is 20.4. The summed E-state index contributed by atoms with van der Waals surface area (Å²) >= 11 is 0. The number of anilines is 2. The molecule has 1 saturated carbocycles. The van der Waals surface area contributed by atoms with Crippen molar-refractivity contribution in [1.82, 2.24) is 10.3 Å². The normalized spacial score (nSPS) is 17.7. The van der Waals surface area contributed by atoms with Crippen LogP contribution in [0.1, 0.15) is 67.4 Å². The number of pyridine rings is 1. The van der Waals surface area contributed by atoms with E-state index < -0.39 is 0 Å². The van der Waals surface area contributed by atoms with Gasteiger partial charge in [0.15, 0.2) is 0 Å². The van der Waals surface area contributed by atoms with Crippen LogP contribution in [-0.4, -0.2) is 29.9 Å². The van der Waals surface area contributed by atoms with Crippen LogP contribution >= 0.6 is 0 Å². The smallest absolute Gasteiger partial charge is 0.253 e. The number of benzene rings is 1. The quantitative estimate of drug-likeness (QED) is 0.750. The van der Waals surface area contributed by atoms with Gasteiger partial charge >= 0.3 is 0 Å². The van der Waals surface area contributed by atoms with Crippen molar-refractivity contribution in [2.75, 3.05) is 23.3 Å². The highest BCUT2D eigenvalue weighted by atomic mass is 16.2. The molecule has 1 aromatic heterocycles. The Hall–Kier alpha value is -2.89. The molecule has 158 valence electrons. The van der Waals surface area contributed by atoms with Gasteiger partial charge in [0.1, 0.15) is 0 Å². The Balaban J connectivity index is 1.57. The number of hydrogen-bond acceptors (Lipinski definition) is 4. The molecule has 0 radical (unpaired) electrons. The van der Waals surface area contributed by atoms with Crippen LogP contribution < -0.4 is 15.5 Å². The molecule has 2 aliphatic rings. The molecule has 1 aliphatic heterocycles.